The summed E-state index contributed by atoms with van der Waals surface area (Å²) in [6, 6.07) is 11.1. The highest BCUT2D eigenvalue weighted by molar-refractivity contribution is 5.94. The third-order valence-corrected chi connectivity index (χ3v) is 7.26. The van der Waals surface area contributed by atoms with Crippen LogP contribution in [-0.4, -0.2) is 63.6 Å². The topological polar surface area (TPSA) is 70.5 Å². The van der Waals surface area contributed by atoms with Crippen LogP contribution >= 0.6 is 0 Å². The molecule has 7 heteroatoms. The van der Waals surface area contributed by atoms with Crippen molar-refractivity contribution in [1.82, 2.24) is 24.9 Å². The Morgan fingerprint density at radius 3 is 2.69 bits per heavy atom. The van der Waals surface area contributed by atoms with Crippen molar-refractivity contribution in [3.63, 3.8) is 0 Å². The van der Waals surface area contributed by atoms with Crippen molar-refractivity contribution in [2.45, 2.75) is 64.1 Å². The fourth-order valence-corrected chi connectivity index (χ4v) is 5.45. The second-order valence-electron chi connectivity index (χ2n) is 9.28. The Kier molecular flexibility index (Phi) is 6.26. The molecule has 2 amide bonds. The molecule has 1 aliphatic carbocycles. The molecule has 0 bridgehead atoms. The molecule has 1 aromatic carbocycles. The van der Waals surface area contributed by atoms with Crippen molar-refractivity contribution < 1.29 is 9.59 Å². The number of amides is 2. The molecule has 3 aliphatic rings. The maximum atomic E-state index is 13.5. The van der Waals surface area contributed by atoms with Crippen LogP contribution in [0.1, 0.15) is 59.4 Å². The van der Waals surface area contributed by atoms with Crippen LogP contribution in [0.3, 0.4) is 0 Å². The van der Waals surface area contributed by atoms with Gasteiger partial charge in [0, 0.05) is 69.4 Å². The smallest absolute Gasteiger partial charge is 0.274 e. The number of hydrogen-bond donors (Lipinski definition) is 1. The van der Waals surface area contributed by atoms with Gasteiger partial charge in [0.2, 0.25) is 5.91 Å². The molecule has 2 aromatic rings. The summed E-state index contributed by atoms with van der Waals surface area (Å²) in [4.78, 5) is 29.7. The molecule has 0 spiro atoms. The SMILES string of the molecule is O=C1CCN(C(=O)c2nn(CCc3ccccc3)c3c2CN(C2CCCC2)CC3)CCN1. The quantitative estimate of drug-likeness (QED) is 0.783. The van der Waals surface area contributed by atoms with Gasteiger partial charge in [0.15, 0.2) is 5.69 Å². The minimum Gasteiger partial charge on any atom is -0.354 e. The fourth-order valence-electron chi connectivity index (χ4n) is 5.45. The zero-order valence-electron chi connectivity index (χ0n) is 18.8. The molecule has 1 saturated heterocycles. The molecule has 2 aliphatic heterocycles. The molecule has 7 nitrogen and oxygen atoms in total. The van der Waals surface area contributed by atoms with E-state index < -0.39 is 0 Å². The minimum absolute atomic E-state index is 0.0168. The van der Waals surface area contributed by atoms with Crippen LogP contribution in [0.15, 0.2) is 30.3 Å². The van der Waals surface area contributed by atoms with E-state index in [2.05, 4.69) is 39.2 Å². The third kappa shape index (κ3) is 4.44. The number of rotatable bonds is 5. The number of nitrogens with one attached hydrogen (secondary N) is 1. The highest BCUT2D eigenvalue weighted by Gasteiger charge is 2.33. The molecule has 0 radical (unpaired) electrons. The van der Waals surface area contributed by atoms with Gasteiger partial charge >= 0.3 is 0 Å². The summed E-state index contributed by atoms with van der Waals surface area (Å²) >= 11 is 0. The lowest BCUT2D eigenvalue weighted by atomic mass is 10.0. The van der Waals surface area contributed by atoms with Crippen LogP contribution in [-0.2, 0) is 30.7 Å². The first-order valence-electron chi connectivity index (χ1n) is 12.1. The summed E-state index contributed by atoms with van der Waals surface area (Å²) in [5.41, 5.74) is 4.22. The normalized spacial score (nSPS) is 20.1. The molecule has 1 aromatic heterocycles. The molecule has 1 N–H and O–H groups in total. The monoisotopic (exact) mass is 435 g/mol. The Morgan fingerprint density at radius 1 is 1.06 bits per heavy atom. The Labute approximate surface area is 189 Å². The molecule has 32 heavy (non-hydrogen) atoms. The van der Waals surface area contributed by atoms with E-state index in [-0.39, 0.29) is 11.8 Å². The number of nitrogens with zero attached hydrogens (tertiary/aromatic N) is 4. The number of carbonyl (C=O) groups is 2. The van der Waals surface area contributed by atoms with E-state index in [1.54, 1.807) is 4.90 Å². The number of hydrogen-bond acceptors (Lipinski definition) is 4. The molecule has 0 atom stereocenters. The number of carbonyl (C=O) groups excluding carboxylic acids is 2. The van der Waals surface area contributed by atoms with Gasteiger partial charge in [-0.05, 0) is 24.8 Å². The number of aromatic nitrogens is 2. The van der Waals surface area contributed by atoms with Crippen LogP contribution in [0, 0.1) is 0 Å². The zero-order chi connectivity index (χ0) is 21.9. The average Bonchev–Trinajstić information content (AvgIpc) is 3.43. The average molecular weight is 436 g/mol. The van der Waals surface area contributed by atoms with Crippen molar-refractivity contribution in [3.8, 4) is 0 Å². The molecule has 3 heterocycles. The van der Waals surface area contributed by atoms with E-state index in [4.69, 9.17) is 5.10 Å². The summed E-state index contributed by atoms with van der Waals surface area (Å²) in [6.07, 6.45) is 7.35. The standard InChI is InChI=1S/C25H33N5O2/c31-23-12-15-28(17-13-26-23)25(32)24-21-18-29(20-8-4-5-9-20)14-11-22(21)30(27-24)16-10-19-6-2-1-3-7-19/h1-3,6-7,20H,4-5,8-18H2,(H,26,31). The van der Waals surface area contributed by atoms with Crippen LogP contribution in [0.4, 0.5) is 0 Å². The zero-order valence-corrected chi connectivity index (χ0v) is 18.8. The lowest BCUT2D eigenvalue weighted by molar-refractivity contribution is -0.120. The molecule has 0 unspecified atom stereocenters. The number of benzene rings is 1. The number of fused-ring (bicyclic) bond motifs is 1. The molecule has 170 valence electrons. The third-order valence-electron chi connectivity index (χ3n) is 7.26. The Hall–Kier alpha value is -2.67. The lowest BCUT2D eigenvalue weighted by Crippen LogP contribution is -2.39. The predicted molar refractivity (Wildman–Crippen MR) is 122 cm³/mol. The van der Waals surface area contributed by atoms with Crippen LogP contribution in [0.2, 0.25) is 0 Å². The molecule has 2 fully saturated rings. The molecular formula is C25H33N5O2. The van der Waals surface area contributed by atoms with Crippen molar-refractivity contribution in [2.24, 2.45) is 0 Å². The van der Waals surface area contributed by atoms with E-state index in [0.717, 1.165) is 38.0 Å². The van der Waals surface area contributed by atoms with Crippen LogP contribution < -0.4 is 5.32 Å². The summed E-state index contributed by atoms with van der Waals surface area (Å²) in [5.74, 6) is -0.00684. The summed E-state index contributed by atoms with van der Waals surface area (Å²) in [5, 5.41) is 7.75. The van der Waals surface area contributed by atoms with Gasteiger partial charge in [0.1, 0.15) is 0 Å². The first kappa shape index (κ1) is 21.2. The Morgan fingerprint density at radius 2 is 1.88 bits per heavy atom. The van der Waals surface area contributed by atoms with Gasteiger partial charge in [0.05, 0.1) is 0 Å². The number of aryl methyl sites for hydroxylation is 2. The Bertz CT molecular complexity index is 964. The van der Waals surface area contributed by atoms with Crippen molar-refractivity contribution in [1.29, 1.82) is 0 Å². The van der Waals surface area contributed by atoms with E-state index in [1.165, 1.54) is 36.9 Å². The highest BCUT2D eigenvalue weighted by atomic mass is 16.2. The largest absolute Gasteiger partial charge is 0.354 e. The van der Waals surface area contributed by atoms with E-state index in [0.29, 0.717) is 37.8 Å². The van der Waals surface area contributed by atoms with Crippen molar-refractivity contribution >= 4 is 11.8 Å². The molecule has 5 rings (SSSR count). The van der Waals surface area contributed by atoms with E-state index in [9.17, 15) is 9.59 Å². The molecular weight excluding hydrogens is 402 g/mol. The van der Waals surface area contributed by atoms with Gasteiger partial charge in [-0.25, -0.2) is 0 Å². The molecule has 1 saturated carbocycles. The van der Waals surface area contributed by atoms with Gasteiger partial charge in [-0.2, -0.15) is 5.10 Å². The van der Waals surface area contributed by atoms with Crippen molar-refractivity contribution in [3.05, 3.63) is 52.8 Å². The summed E-state index contributed by atoms with van der Waals surface area (Å²) in [6.45, 7) is 4.16. The highest BCUT2D eigenvalue weighted by Crippen LogP contribution is 2.31. The van der Waals surface area contributed by atoms with Gasteiger partial charge in [-0.3, -0.25) is 19.2 Å². The van der Waals surface area contributed by atoms with E-state index in [1.807, 2.05) is 6.07 Å². The second-order valence-corrected chi connectivity index (χ2v) is 9.28. The second kappa shape index (κ2) is 9.45. The summed E-state index contributed by atoms with van der Waals surface area (Å²) in [7, 11) is 0. The van der Waals surface area contributed by atoms with Crippen molar-refractivity contribution in [2.75, 3.05) is 26.2 Å². The fraction of sp³-hybridized carbons (Fsp3) is 0.560. The van der Waals surface area contributed by atoms with E-state index >= 15 is 0 Å². The van der Waals surface area contributed by atoms with Crippen LogP contribution in [0.5, 0.6) is 0 Å². The van der Waals surface area contributed by atoms with Crippen LogP contribution in [0.25, 0.3) is 0 Å². The maximum absolute atomic E-state index is 13.5. The maximum Gasteiger partial charge on any atom is 0.274 e. The van der Waals surface area contributed by atoms with Gasteiger partial charge in [-0.15, -0.1) is 0 Å². The minimum atomic E-state index is -0.0236. The summed E-state index contributed by atoms with van der Waals surface area (Å²) < 4.78 is 2.09. The Balaban J connectivity index is 1.41. The first-order chi connectivity index (χ1) is 15.7. The van der Waals surface area contributed by atoms with Gasteiger partial charge in [0.25, 0.3) is 5.91 Å². The predicted octanol–water partition coefficient (Wildman–Crippen LogP) is 2.39. The first-order valence-corrected chi connectivity index (χ1v) is 12.1. The van der Waals surface area contributed by atoms with Gasteiger partial charge in [-0.1, -0.05) is 43.2 Å². The lowest BCUT2D eigenvalue weighted by Gasteiger charge is -2.33. The van der Waals surface area contributed by atoms with Gasteiger partial charge < -0.3 is 10.2 Å².